The van der Waals surface area contributed by atoms with E-state index in [1.165, 1.54) is 29.9 Å². The summed E-state index contributed by atoms with van der Waals surface area (Å²) < 4.78 is 0. The van der Waals surface area contributed by atoms with E-state index in [9.17, 15) is 0 Å². The molecule has 0 radical (unpaired) electrons. The molecule has 0 amide bonds. The van der Waals surface area contributed by atoms with Gasteiger partial charge in [0.1, 0.15) is 0 Å². The second kappa shape index (κ2) is 9.60. The van der Waals surface area contributed by atoms with Gasteiger partial charge in [-0.05, 0) is 0 Å². The molecule has 17 heavy (non-hydrogen) atoms. The summed E-state index contributed by atoms with van der Waals surface area (Å²) in [7, 11) is 0. The maximum absolute atomic E-state index is 5.81. The zero-order valence-electron chi connectivity index (χ0n) is 10.3. The van der Waals surface area contributed by atoms with E-state index in [-0.39, 0.29) is 0 Å². The summed E-state index contributed by atoms with van der Waals surface area (Å²) in [6.45, 7) is 2.26. The van der Waals surface area contributed by atoms with Crippen molar-refractivity contribution in [3.63, 3.8) is 0 Å². The van der Waals surface area contributed by atoms with Crippen molar-refractivity contribution in [2.45, 2.75) is 43.2 Å². The standard InChI is InChI=1S/C15H19ClSe/c1-2-3-12-17-13-6-4-5-7-14-8-10-15(16)11-9-14/h8-11H,2-4,6,12-13H2,1H3. The van der Waals surface area contributed by atoms with Crippen molar-refractivity contribution in [3.05, 3.63) is 34.9 Å². The molecule has 2 heteroatoms. The van der Waals surface area contributed by atoms with Crippen molar-refractivity contribution in [1.29, 1.82) is 0 Å². The Morgan fingerprint density at radius 2 is 1.82 bits per heavy atom. The van der Waals surface area contributed by atoms with Crippen molar-refractivity contribution >= 4 is 26.6 Å². The molecule has 1 aromatic carbocycles. The summed E-state index contributed by atoms with van der Waals surface area (Å²) in [5.41, 5.74) is 1.06. The van der Waals surface area contributed by atoms with Gasteiger partial charge >= 0.3 is 116 Å². The van der Waals surface area contributed by atoms with Gasteiger partial charge in [-0.25, -0.2) is 0 Å². The first-order valence-corrected chi connectivity index (χ1v) is 8.95. The first-order valence-electron chi connectivity index (χ1n) is 6.15. The van der Waals surface area contributed by atoms with Gasteiger partial charge in [0.2, 0.25) is 0 Å². The first-order chi connectivity index (χ1) is 8.33. The van der Waals surface area contributed by atoms with E-state index in [1.807, 2.05) is 24.3 Å². The molecule has 0 fully saturated rings. The van der Waals surface area contributed by atoms with Crippen LogP contribution < -0.4 is 0 Å². The minimum atomic E-state index is 0.772. The van der Waals surface area contributed by atoms with Crippen molar-refractivity contribution in [3.8, 4) is 11.8 Å². The molecule has 0 unspecified atom stereocenters. The van der Waals surface area contributed by atoms with Crippen LogP contribution in [0, 0.1) is 11.8 Å². The Balaban J connectivity index is 2.12. The van der Waals surface area contributed by atoms with Crippen molar-refractivity contribution < 1.29 is 0 Å². The molecule has 0 aliphatic heterocycles. The summed E-state index contributed by atoms with van der Waals surface area (Å²) in [5.74, 6) is 6.40. The summed E-state index contributed by atoms with van der Waals surface area (Å²) >= 11 is 6.65. The molecule has 0 N–H and O–H groups in total. The van der Waals surface area contributed by atoms with Gasteiger partial charge in [-0.2, -0.15) is 0 Å². The molecule has 0 spiro atoms. The zero-order valence-corrected chi connectivity index (χ0v) is 12.8. The topological polar surface area (TPSA) is 0 Å². The van der Waals surface area contributed by atoms with E-state index in [2.05, 4.69) is 18.8 Å². The van der Waals surface area contributed by atoms with E-state index in [4.69, 9.17) is 11.6 Å². The van der Waals surface area contributed by atoms with Crippen LogP contribution in [-0.2, 0) is 0 Å². The van der Waals surface area contributed by atoms with Crippen LogP contribution in [0.25, 0.3) is 0 Å². The molecule has 1 rings (SSSR count). The molecule has 0 aromatic heterocycles. The fourth-order valence-corrected chi connectivity index (χ4v) is 3.63. The van der Waals surface area contributed by atoms with Gasteiger partial charge in [0.15, 0.2) is 0 Å². The molecule has 0 aliphatic carbocycles. The predicted octanol–water partition coefficient (Wildman–Crippen LogP) is 4.81. The number of hydrogen-bond donors (Lipinski definition) is 0. The molecule has 0 saturated carbocycles. The zero-order chi connectivity index (χ0) is 12.3. The quantitative estimate of drug-likeness (QED) is 0.401. The molecule has 0 aliphatic rings. The molecule has 0 heterocycles. The van der Waals surface area contributed by atoms with E-state index in [1.54, 1.807) is 0 Å². The fraction of sp³-hybridized carbons (Fsp3) is 0.467. The van der Waals surface area contributed by atoms with Crippen molar-refractivity contribution in [1.82, 2.24) is 0 Å². The summed E-state index contributed by atoms with van der Waals surface area (Å²) in [4.78, 5) is 0. The molecule has 0 nitrogen and oxygen atoms in total. The van der Waals surface area contributed by atoms with Crippen LogP contribution >= 0.6 is 11.6 Å². The second-order valence-corrected chi connectivity index (χ2v) is 6.88. The van der Waals surface area contributed by atoms with Crippen LogP contribution in [0.4, 0.5) is 0 Å². The van der Waals surface area contributed by atoms with E-state index >= 15 is 0 Å². The normalized spacial score (nSPS) is 9.76. The molecule has 0 bridgehead atoms. The van der Waals surface area contributed by atoms with Crippen LogP contribution in [0.5, 0.6) is 0 Å². The number of halogens is 1. The summed E-state index contributed by atoms with van der Waals surface area (Å²) in [5, 5.41) is 3.59. The Morgan fingerprint density at radius 1 is 1.12 bits per heavy atom. The molecule has 92 valence electrons. The molecule has 1 aromatic rings. The van der Waals surface area contributed by atoms with Gasteiger partial charge < -0.3 is 0 Å². The van der Waals surface area contributed by atoms with Gasteiger partial charge in [-0.1, -0.05) is 0 Å². The van der Waals surface area contributed by atoms with E-state index < -0.39 is 0 Å². The average molecular weight is 314 g/mol. The van der Waals surface area contributed by atoms with Crippen molar-refractivity contribution in [2.75, 3.05) is 0 Å². The third kappa shape index (κ3) is 7.50. The third-order valence-corrected chi connectivity index (χ3v) is 4.98. The summed E-state index contributed by atoms with van der Waals surface area (Å²) in [6, 6.07) is 7.72. The van der Waals surface area contributed by atoms with Gasteiger partial charge in [0.05, 0.1) is 0 Å². The first kappa shape index (κ1) is 14.6. The van der Waals surface area contributed by atoms with Crippen LogP contribution in [0.2, 0.25) is 15.7 Å². The molecule has 0 atom stereocenters. The average Bonchev–Trinajstić information content (AvgIpc) is 2.35. The Kier molecular flexibility index (Phi) is 8.27. The molecule has 0 saturated heterocycles. The van der Waals surface area contributed by atoms with E-state index in [0.717, 1.165) is 32.0 Å². The number of benzene rings is 1. The van der Waals surface area contributed by atoms with E-state index in [0.29, 0.717) is 0 Å². The van der Waals surface area contributed by atoms with Gasteiger partial charge in [0, 0.05) is 0 Å². The van der Waals surface area contributed by atoms with Gasteiger partial charge in [-0.3, -0.25) is 0 Å². The Morgan fingerprint density at radius 3 is 2.53 bits per heavy atom. The minimum absolute atomic E-state index is 0.772. The second-order valence-electron chi connectivity index (χ2n) is 3.88. The Hall–Kier alpha value is -0.411. The van der Waals surface area contributed by atoms with Crippen molar-refractivity contribution in [2.24, 2.45) is 0 Å². The van der Waals surface area contributed by atoms with Crippen LogP contribution in [0.1, 0.15) is 38.2 Å². The van der Waals surface area contributed by atoms with Crippen LogP contribution in [0.15, 0.2) is 24.3 Å². The number of hydrogen-bond acceptors (Lipinski definition) is 0. The van der Waals surface area contributed by atoms with Crippen LogP contribution in [0.3, 0.4) is 0 Å². The maximum atomic E-state index is 5.81. The Labute approximate surface area is 116 Å². The Bertz CT molecular complexity index is 359. The summed E-state index contributed by atoms with van der Waals surface area (Å²) in [6.07, 6.45) is 5.01. The number of unbranched alkanes of at least 4 members (excludes halogenated alkanes) is 2. The monoisotopic (exact) mass is 314 g/mol. The number of rotatable bonds is 6. The SMILES string of the molecule is CCCC[Se]CCCC#Cc1ccc(Cl)cc1. The molecular formula is C15H19ClSe. The third-order valence-electron chi connectivity index (χ3n) is 2.31. The van der Waals surface area contributed by atoms with Gasteiger partial charge in [0.25, 0.3) is 0 Å². The predicted molar refractivity (Wildman–Crippen MR) is 77.8 cm³/mol. The fourth-order valence-electron chi connectivity index (χ4n) is 1.31. The van der Waals surface area contributed by atoms with Gasteiger partial charge in [-0.15, -0.1) is 0 Å². The molecular weight excluding hydrogens is 295 g/mol. The van der Waals surface area contributed by atoms with Crippen LogP contribution in [-0.4, -0.2) is 15.0 Å².